The Morgan fingerprint density at radius 1 is 1.06 bits per heavy atom. The van der Waals surface area contributed by atoms with Crippen LogP contribution >= 0.6 is 38.9 Å². The number of fused-ring (bicyclic) bond motifs is 1. The van der Waals surface area contributed by atoms with Crippen molar-refractivity contribution in [3.8, 4) is 0 Å². The summed E-state index contributed by atoms with van der Waals surface area (Å²) < 4.78 is 1.77. The highest BCUT2D eigenvalue weighted by Gasteiger charge is 2.13. The topological polar surface area (TPSA) is 83.1 Å². The molecule has 0 saturated carbocycles. The number of carbonyl (C=O) groups excluding carboxylic acids is 2. The SMILES string of the molecule is Cc1cccc(Cl)c1NC(=O)c1ccc2nc(NC(=O)NCc3ccc(Br)cc3)sc2c1. The van der Waals surface area contributed by atoms with Crippen LogP contribution in [0, 0.1) is 6.92 Å². The van der Waals surface area contributed by atoms with Crippen molar-refractivity contribution in [3.05, 3.63) is 86.8 Å². The van der Waals surface area contributed by atoms with Crippen molar-refractivity contribution in [1.29, 1.82) is 0 Å². The lowest BCUT2D eigenvalue weighted by molar-refractivity contribution is 0.102. The first kappa shape index (κ1) is 22.3. The summed E-state index contributed by atoms with van der Waals surface area (Å²) >= 11 is 10.9. The van der Waals surface area contributed by atoms with E-state index < -0.39 is 0 Å². The zero-order valence-corrected chi connectivity index (χ0v) is 20.1. The zero-order chi connectivity index (χ0) is 22.7. The van der Waals surface area contributed by atoms with Gasteiger partial charge in [-0.2, -0.15) is 0 Å². The van der Waals surface area contributed by atoms with Gasteiger partial charge < -0.3 is 10.6 Å². The Labute approximate surface area is 202 Å². The van der Waals surface area contributed by atoms with Crippen molar-refractivity contribution in [2.45, 2.75) is 13.5 Å². The first-order valence-corrected chi connectivity index (χ1v) is 11.6. The third-order valence-corrected chi connectivity index (χ3v) is 6.48. The molecule has 0 saturated heterocycles. The van der Waals surface area contributed by atoms with Gasteiger partial charge in [0.2, 0.25) is 0 Å². The Morgan fingerprint density at radius 3 is 2.59 bits per heavy atom. The van der Waals surface area contributed by atoms with Gasteiger partial charge >= 0.3 is 6.03 Å². The van der Waals surface area contributed by atoms with Gasteiger partial charge in [0.15, 0.2) is 5.13 Å². The number of aryl methyl sites for hydroxylation is 1. The third-order valence-electron chi connectivity index (χ3n) is 4.70. The summed E-state index contributed by atoms with van der Waals surface area (Å²) in [6.07, 6.45) is 0. The highest BCUT2D eigenvalue weighted by atomic mass is 79.9. The molecule has 32 heavy (non-hydrogen) atoms. The molecule has 0 aliphatic rings. The largest absolute Gasteiger partial charge is 0.334 e. The minimum absolute atomic E-state index is 0.266. The first-order chi connectivity index (χ1) is 15.4. The number of rotatable bonds is 5. The number of benzene rings is 3. The molecule has 1 heterocycles. The van der Waals surface area contributed by atoms with E-state index in [9.17, 15) is 9.59 Å². The second kappa shape index (κ2) is 9.68. The number of hydrogen-bond donors (Lipinski definition) is 3. The molecule has 0 aliphatic carbocycles. The molecule has 1 aromatic heterocycles. The summed E-state index contributed by atoms with van der Waals surface area (Å²) in [5, 5.41) is 9.35. The van der Waals surface area contributed by atoms with E-state index in [0.717, 1.165) is 20.3 Å². The smallest absolute Gasteiger partial charge is 0.321 e. The minimum Gasteiger partial charge on any atom is -0.334 e. The van der Waals surface area contributed by atoms with Gasteiger partial charge in [0, 0.05) is 16.6 Å². The average molecular weight is 530 g/mol. The minimum atomic E-state index is -0.348. The van der Waals surface area contributed by atoms with Gasteiger partial charge in [-0.1, -0.05) is 63.1 Å². The number of thiazole rings is 1. The molecule has 3 aromatic carbocycles. The summed E-state index contributed by atoms with van der Waals surface area (Å²) in [6.45, 7) is 2.28. The van der Waals surface area contributed by atoms with Crippen LogP contribution in [0.3, 0.4) is 0 Å². The molecule has 0 unspecified atom stereocenters. The van der Waals surface area contributed by atoms with Gasteiger partial charge in [0.25, 0.3) is 5.91 Å². The molecule has 0 atom stereocenters. The summed E-state index contributed by atoms with van der Waals surface area (Å²) in [5.74, 6) is -0.266. The lowest BCUT2D eigenvalue weighted by Crippen LogP contribution is -2.28. The van der Waals surface area contributed by atoms with Gasteiger partial charge in [-0.05, 0) is 54.4 Å². The second-order valence-corrected chi connectivity index (χ2v) is 9.38. The van der Waals surface area contributed by atoms with Crippen LogP contribution in [0.2, 0.25) is 5.02 Å². The molecule has 0 spiro atoms. The number of hydrogen-bond acceptors (Lipinski definition) is 4. The number of nitrogens with one attached hydrogen (secondary N) is 3. The van der Waals surface area contributed by atoms with Gasteiger partial charge in [0.1, 0.15) is 0 Å². The van der Waals surface area contributed by atoms with E-state index in [-0.39, 0.29) is 11.9 Å². The maximum atomic E-state index is 12.7. The van der Waals surface area contributed by atoms with Crippen LogP contribution in [0.4, 0.5) is 15.6 Å². The molecule has 0 radical (unpaired) electrons. The van der Waals surface area contributed by atoms with Crippen molar-refractivity contribution in [2.75, 3.05) is 10.6 Å². The lowest BCUT2D eigenvalue weighted by atomic mass is 10.1. The monoisotopic (exact) mass is 528 g/mol. The van der Waals surface area contributed by atoms with Gasteiger partial charge in [-0.15, -0.1) is 0 Å². The lowest BCUT2D eigenvalue weighted by Gasteiger charge is -2.10. The van der Waals surface area contributed by atoms with Crippen molar-refractivity contribution in [3.63, 3.8) is 0 Å². The number of anilines is 2. The zero-order valence-electron chi connectivity index (χ0n) is 16.9. The molecule has 6 nitrogen and oxygen atoms in total. The second-order valence-electron chi connectivity index (χ2n) is 7.02. The highest BCUT2D eigenvalue weighted by Crippen LogP contribution is 2.29. The summed E-state index contributed by atoms with van der Waals surface area (Å²) in [5.41, 5.74) is 3.63. The van der Waals surface area contributed by atoms with Gasteiger partial charge in [-0.3, -0.25) is 10.1 Å². The maximum Gasteiger partial charge on any atom is 0.321 e. The fraction of sp³-hybridized carbons (Fsp3) is 0.0870. The number of nitrogens with zero attached hydrogens (tertiary/aromatic N) is 1. The van der Waals surface area contributed by atoms with Crippen LogP contribution in [0.25, 0.3) is 10.2 Å². The van der Waals surface area contributed by atoms with Crippen LogP contribution in [0.1, 0.15) is 21.5 Å². The Kier molecular flexibility index (Phi) is 6.74. The van der Waals surface area contributed by atoms with E-state index >= 15 is 0 Å². The molecule has 0 bridgehead atoms. The summed E-state index contributed by atoms with van der Waals surface area (Å²) in [4.78, 5) is 29.4. The molecule has 0 fully saturated rings. The van der Waals surface area contributed by atoms with Crippen LogP contribution < -0.4 is 16.0 Å². The average Bonchev–Trinajstić information content (AvgIpc) is 3.17. The molecule has 162 valence electrons. The number of halogens is 2. The first-order valence-electron chi connectivity index (χ1n) is 9.65. The molecule has 3 amide bonds. The number of carbonyl (C=O) groups is 2. The summed E-state index contributed by atoms with van der Waals surface area (Å²) in [7, 11) is 0. The molecule has 3 N–H and O–H groups in total. The molecule has 4 aromatic rings. The van der Waals surface area contributed by atoms with Crippen LogP contribution in [0.15, 0.2) is 65.1 Å². The normalized spacial score (nSPS) is 10.7. The van der Waals surface area contributed by atoms with E-state index in [0.29, 0.717) is 33.5 Å². The Morgan fingerprint density at radius 2 is 1.84 bits per heavy atom. The van der Waals surface area contributed by atoms with E-state index in [4.69, 9.17) is 11.6 Å². The van der Waals surface area contributed by atoms with E-state index in [1.165, 1.54) is 11.3 Å². The molecule has 9 heteroatoms. The van der Waals surface area contributed by atoms with Crippen LogP contribution in [0.5, 0.6) is 0 Å². The van der Waals surface area contributed by atoms with E-state index in [2.05, 4.69) is 36.9 Å². The van der Waals surface area contributed by atoms with Crippen molar-refractivity contribution in [1.82, 2.24) is 10.3 Å². The standard InChI is InChI=1S/C23H18BrClN4O2S/c1-13-3-2-4-17(25)20(13)28-21(30)15-7-10-18-19(11-15)32-23(27-18)29-22(31)26-12-14-5-8-16(24)9-6-14/h2-11H,12H2,1H3,(H,28,30)(H2,26,27,29,31). The number of para-hydroxylation sites is 1. The van der Waals surface area contributed by atoms with Crippen LogP contribution in [-0.2, 0) is 6.54 Å². The molecular weight excluding hydrogens is 512 g/mol. The van der Waals surface area contributed by atoms with Crippen molar-refractivity contribution >= 4 is 71.8 Å². The van der Waals surface area contributed by atoms with Gasteiger partial charge in [-0.25, -0.2) is 9.78 Å². The summed E-state index contributed by atoms with van der Waals surface area (Å²) in [6, 6.07) is 18.0. The number of aromatic nitrogens is 1. The van der Waals surface area contributed by atoms with E-state index in [1.54, 1.807) is 24.3 Å². The Bertz CT molecular complexity index is 1290. The highest BCUT2D eigenvalue weighted by molar-refractivity contribution is 9.10. The number of urea groups is 1. The van der Waals surface area contributed by atoms with Crippen molar-refractivity contribution in [2.24, 2.45) is 0 Å². The maximum absolute atomic E-state index is 12.7. The fourth-order valence-corrected chi connectivity index (χ4v) is 4.45. The predicted molar refractivity (Wildman–Crippen MR) is 134 cm³/mol. The third kappa shape index (κ3) is 5.27. The van der Waals surface area contributed by atoms with E-state index in [1.807, 2.05) is 43.3 Å². The Hall–Kier alpha value is -2.94. The predicted octanol–water partition coefficient (Wildman–Crippen LogP) is 6.59. The van der Waals surface area contributed by atoms with Gasteiger partial charge in [0.05, 0.1) is 20.9 Å². The fourth-order valence-electron chi connectivity index (χ4n) is 3.02. The quantitative estimate of drug-likeness (QED) is 0.272. The number of amides is 3. The molecule has 0 aliphatic heterocycles. The van der Waals surface area contributed by atoms with Crippen LogP contribution in [-0.4, -0.2) is 16.9 Å². The molecular formula is C23H18BrClN4O2S. The molecule has 4 rings (SSSR count). The Balaban J connectivity index is 1.42. The van der Waals surface area contributed by atoms with Crippen molar-refractivity contribution < 1.29 is 9.59 Å².